The van der Waals surface area contributed by atoms with Crippen molar-refractivity contribution in [2.75, 3.05) is 0 Å². The first kappa shape index (κ1) is 16.0. The SMILES string of the molecule is C=C/C(Cl)=C\c1cc(Cc2cc(C(=O)O)ccn2)ccc1C. The van der Waals surface area contributed by atoms with Gasteiger partial charge in [0.1, 0.15) is 0 Å². The second kappa shape index (κ2) is 7.05. The van der Waals surface area contributed by atoms with Gasteiger partial charge in [-0.2, -0.15) is 0 Å². The van der Waals surface area contributed by atoms with Crippen molar-refractivity contribution >= 4 is 23.6 Å². The summed E-state index contributed by atoms with van der Waals surface area (Å²) in [5.74, 6) is -0.950. The predicted octanol–water partition coefficient (Wildman–Crippen LogP) is 4.44. The van der Waals surface area contributed by atoms with Crippen molar-refractivity contribution in [3.8, 4) is 0 Å². The van der Waals surface area contributed by atoms with Gasteiger partial charge in [-0.3, -0.25) is 4.98 Å². The molecule has 0 aliphatic carbocycles. The molecular formula is C18H16ClNO2. The number of benzene rings is 1. The number of carboxylic acid groups (broad SMARTS) is 1. The van der Waals surface area contributed by atoms with Gasteiger partial charge in [-0.15, -0.1) is 0 Å². The molecule has 1 aromatic carbocycles. The summed E-state index contributed by atoms with van der Waals surface area (Å²) in [6, 6.07) is 9.11. The zero-order valence-corrected chi connectivity index (χ0v) is 13.0. The van der Waals surface area contributed by atoms with Crippen molar-refractivity contribution < 1.29 is 9.90 Å². The van der Waals surface area contributed by atoms with Crippen LogP contribution in [0.3, 0.4) is 0 Å². The van der Waals surface area contributed by atoms with Gasteiger partial charge in [-0.05, 0) is 41.8 Å². The summed E-state index contributed by atoms with van der Waals surface area (Å²) >= 11 is 6.01. The maximum atomic E-state index is 11.0. The molecule has 1 N–H and O–H groups in total. The van der Waals surface area contributed by atoms with Crippen LogP contribution in [0.1, 0.15) is 32.7 Å². The highest BCUT2D eigenvalue weighted by Crippen LogP contribution is 2.19. The van der Waals surface area contributed by atoms with Crippen LogP contribution in [-0.4, -0.2) is 16.1 Å². The van der Waals surface area contributed by atoms with Gasteiger partial charge in [0.25, 0.3) is 0 Å². The summed E-state index contributed by atoms with van der Waals surface area (Å²) in [6.45, 7) is 5.64. The van der Waals surface area contributed by atoms with E-state index in [2.05, 4.69) is 11.6 Å². The second-order valence-electron chi connectivity index (χ2n) is 4.94. The minimum atomic E-state index is -0.950. The molecule has 2 aromatic rings. The molecule has 0 radical (unpaired) electrons. The normalized spacial score (nSPS) is 11.3. The maximum Gasteiger partial charge on any atom is 0.335 e. The standard InChI is InChI=1S/C18H16ClNO2/c1-3-16(19)10-15-8-13(5-4-12(15)2)9-17-11-14(18(21)22)6-7-20-17/h3-8,10-11H,1,9H2,2H3,(H,21,22)/b16-10+. The number of carbonyl (C=O) groups is 1. The summed E-state index contributed by atoms with van der Waals surface area (Å²) in [4.78, 5) is 15.2. The van der Waals surface area contributed by atoms with Crippen molar-refractivity contribution in [1.82, 2.24) is 4.98 Å². The number of halogens is 1. The van der Waals surface area contributed by atoms with Crippen molar-refractivity contribution in [3.05, 3.63) is 82.2 Å². The number of pyridine rings is 1. The monoisotopic (exact) mass is 313 g/mol. The highest BCUT2D eigenvalue weighted by Gasteiger charge is 2.06. The van der Waals surface area contributed by atoms with Gasteiger partial charge in [0.15, 0.2) is 0 Å². The number of aryl methyl sites for hydroxylation is 1. The molecule has 0 saturated carbocycles. The third-order valence-corrected chi connectivity index (χ3v) is 3.54. The predicted molar refractivity (Wildman–Crippen MR) is 89.2 cm³/mol. The van der Waals surface area contributed by atoms with E-state index < -0.39 is 5.97 Å². The molecule has 0 fully saturated rings. The quantitative estimate of drug-likeness (QED) is 0.830. The number of hydrogen-bond donors (Lipinski definition) is 1. The first-order valence-electron chi connectivity index (χ1n) is 6.77. The molecule has 0 saturated heterocycles. The smallest absolute Gasteiger partial charge is 0.335 e. The van der Waals surface area contributed by atoms with Gasteiger partial charge in [-0.25, -0.2) is 4.79 Å². The Hall–Kier alpha value is -2.39. The molecule has 2 rings (SSSR count). The molecule has 0 unspecified atom stereocenters. The van der Waals surface area contributed by atoms with Crippen LogP contribution in [0.15, 0.2) is 54.2 Å². The Kier molecular flexibility index (Phi) is 5.12. The highest BCUT2D eigenvalue weighted by molar-refractivity contribution is 6.33. The number of rotatable bonds is 5. The topological polar surface area (TPSA) is 50.2 Å². The van der Waals surface area contributed by atoms with Gasteiger partial charge >= 0.3 is 5.97 Å². The minimum absolute atomic E-state index is 0.243. The largest absolute Gasteiger partial charge is 0.478 e. The Morgan fingerprint density at radius 1 is 1.36 bits per heavy atom. The summed E-state index contributed by atoms with van der Waals surface area (Å²) in [6.07, 6.45) is 5.52. The first-order chi connectivity index (χ1) is 10.5. The molecule has 0 spiro atoms. The van der Waals surface area contributed by atoms with E-state index in [1.54, 1.807) is 12.1 Å². The number of nitrogens with zero attached hydrogens (tertiary/aromatic N) is 1. The molecule has 0 aliphatic rings. The molecule has 1 aromatic heterocycles. The van der Waals surface area contributed by atoms with Gasteiger partial charge in [0, 0.05) is 23.3 Å². The molecule has 0 bridgehead atoms. The third-order valence-electron chi connectivity index (χ3n) is 3.28. The van der Waals surface area contributed by atoms with Gasteiger partial charge in [0.05, 0.1) is 5.56 Å². The molecule has 1 heterocycles. The van der Waals surface area contributed by atoms with Crippen LogP contribution in [-0.2, 0) is 6.42 Å². The molecular weight excluding hydrogens is 298 g/mol. The molecule has 112 valence electrons. The Morgan fingerprint density at radius 3 is 2.82 bits per heavy atom. The Labute approximate surface area is 134 Å². The number of allylic oxidation sites excluding steroid dienone is 2. The van der Waals surface area contributed by atoms with E-state index in [0.717, 1.165) is 16.7 Å². The fourth-order valence-corrected chi connectivity index (χ4v) is 2.20. The maximum absolute atomic E-state index is 11.0. The van der Waals surface area contributed by atoms with Gasteiger partial charge < -0.3 is 5.11 Å². The summed E-state index contributed by atoms with van der Waals surface area (Å²) in [5.41, 5.74) is 4.12. The van der Waals surface area contributed by atoms with E-state index in [4.69, 9.17) is 16.7 Å². The van der Waals surface area contributed by atoms with E-state index in [0.29, 0.717) is 17.1 Å². The Bertz CT molecular complexity index is 751. The van der Waals surface area contributed by atoms with Crippen LogP contribution in [0.2, 0.25) is 0 Å². The number of aromatic carboxylic acids is 1. The van der Waals surface area contributed by atoms with Crippen molar-refractivity contribution in [3.63, 3.8) is 0 Å². The highest BCUT2D eigenvalue weighted by atomic mass is 35.5. The zero-order chi connectivity index (χ0) is 16.1. The molecule has 0 aliphatic heterocycles. The summed E-state index contributed by atoms with van der Waals surface area (Å²) in [7, 11) is 0. The Morgan fingerprint density at radius 2 is 2.14 bits per heavy atom. The average Bonchev–Trinajstić information content (AvgIpc) is 2.50. The zero-order valence-electron chi connectivity index (χ0n) is 12.2. The lowest BCUT2D eigenvalue weighted by Crippen LogP contribution is -2.00. The number of hydrogen-bond acceptors (Lipinski definition) is 2. The van der Waals surface area contributed by atoms with Crippen LogP contribution in [0.5, 0.6) is 0 Å². The van der Waals surface area contributed by atoms with E-state index >= 15 is 0 Å². The van der Waals surface area contributed by atoms with Crippen LogP contribution in [0.4, 0.5) is 0 Å². The van der Waals surface area contributed by atoms with E-state index in [9.17, 15) is 4.79 Å². The summed E-state index contributed by atoms with van der Waals surface area (Å²) < 4.78 is 0. The first-order valence-corrected chi connectivity index (χ1v) is 7.15. The summed E-state index contributed by atoms with van der Waals surface area (Å²) in [5, 5.41) is 9.60. The Balaban J connectivity index is 2.30. The number of aromatic nitrogens is 1. The van der Waals surface area contributed by atoms with Crippen LogP contribution in [0, 0.1) is 6.92 Å². The van der Waals surface area contributed by atoms with Gasteiger partial charge in [0.2, 0.25) is 0 Å². The van der Waals surface area contributed by atoms with Crippen LogP contribution in [0.25, 0.3) is 6.08 Å². The fourth-order valence-electron chi connectivity index (χ4n) is 2.08. The second-order valence-corrected chi connectivity index (χ2v) is 5.38. The molecule has 4 heteroatoms. The molecule has 3 nitrogen and oxygen atoms in total. The van der Waals surface area contributed by atoms with Crippen molar-refractivity contribution in [2.24, 2.45) is 0 Å². The molecule has 22 heavy (non-hydrogen) atoms. The lowest BCUT2D eigenvalue weighted by Gasteiger charge is -2.07. The molecule has 0 amide bonds. The lowest BCUT2D eigenvalue weighted by atomic mass is 10.0. The van der Waals surface area contributed by atoms with E-state index in [1.807, 2.05) is 31.2 Å². The van der Waals surface area contributed by atoms with Crippen molar-refractivity contribution in [1.29, 1.82) is 0 Å². The number of carboxylic acids is 1. The fraction of sp³-hybridized carbons (Fsp3) is 0.111. The third kappa shape index (κ3) is 4.06. The van der Waals surface area contributed by atoms with Gasteiger partial charge in [-0.1, -0.05) is 42.5 Å². The average molecular weight is 314 g/mol. The van der Waals surface area contributed by atoms with Crippen LogP contribution >= 0.6 is 11.6 Å². The minimum Gasteiger partial charge on any atom is -0.478 e. The van der Waals surface area contributed by atoms with Crippen LogP contribution < -0.4 is 0 Å². The van der Waals surface area contributed by atoms with E-state index in [1.165, 1.54) is 12.3 Å². The molecule has 0 atom stereocenters. The lowest BCUT2D eigenvalue weighted by molar-refractivity contribution is 0.0696. The van der Waals surface area contributed by atoms with E-state index in [-0.39, 0.29) is 5.56 Å². The van der Waals surface area contributed by atoms with Crippen molar-refractivity contribution in [2.45, 2.75) is 13.3 Å².